The van der Waals surface area contributed by atoms with Gasteiger partial charge in [0.1, 0.15) is 11.8 Å². The topological polar surface area (TPSA) is 53.8 Å². The van der Waals surface area contributed by atoms with Gasteiger partial charge in [-0.3, -0.25) is 9.78 Å². The van der Waals surface area contributed by atoms with Crippen LogP contribution in [0.15, 0.2) is 6.20 Å². The van der Waals surface area contributed by atoms with Gasteiger partial charge < -0.3 is 0 Å². The fraction of sp³-hybridized carbons (Fsp3) is 0.222. The van der Waals surface area contributed by atoms with Crippen LogP contribution in [0.1, 0.15) is 33.6 Å². The first kappa shape index (κ1) is 13.0. The first-order valence-electron chi connectivity index (χ1n) is 4.06. The largest absolute Gasteiger partial charge is 0.418 e. The summed E-state index contributed by atoms with van der Waals surface area (Å²) in [4.78, 5) is 13.4. The van der Waals surface area contributed by atoms with Gasteiger partial charge >= 0.3 is 6.18 Å². The van der Waals surface area contributed by atoms with E-state index in [0.717, 1.165) is 6.07 Å². The minimum atomic E-state index is -4.94. The summed E-state index contributed by atoms with van der Waals surface area (Å²) in [5.41, 5.74) is -4.81. The molecule has 0 aromatic carbocycles. The lowest BCUT2D eigenvalue weighted by molar-refractivity contribution is -0.138. The molecule has 0 saturated carbocycles. The summed E-state index contributed by atoms with van der Waals surface area (Å²) in [7, 11) is 0. The van der Waals surface area contributed by atoms with Crippen molar-refractivity contribution in [3.8, 4) is 6.07 Å². The van der Waals surface area contributed by atoms with Crippen LogP contribution in [0.3, 0.4) is 0 Å². The Bertz CT molecular complexity index is 489. The molecule has 0 radical (unpaired) electrons. The van der Waals surface area contributed by atoms with E-state index in [1.54, 1.807) is 0 Å². The fourth-order valence-corrected chi connectivity index (χ4v) is 1.17. The molecule has 8 heteroatoms. The molecule has 0 aliphatic heterocycles. The van der Waals surface area contributed by atoms with Gasteiger partial charge in [-0.2, -0.15) is 18.4 Å². The molecule has 0 fully saturated rings. The number of carbonyl (C=O) groups is 1. The van der Waals surface area contributed by atoms with Gasteiger partial charge in [-0.25, -0.2) is 8.78 Å². The molecule has 1 aromatic rings. The van der Waals surface area contributed by atoms with Gasteiger partial charge in [0, 0.05) is 11.8 Å². The summed E-state index contributed by atoms with van der Waals surface area (Å²) in [6.07, 6.45) is -8.33. The average Bonchev–Trinajstić information content (AvgIpc) is 2.25. The minimum Gasteiger partial charge on any atom is -0.298 e. The maximum atomic E-state index is 12.4. The van der Waals surface area contributed by atoms with Crippen molar-refractivity contribution in [3.05, 3.63) is 28.6 Å². The van der Waals surface area contributed by atoms with Crippen molar-refractivity contribution >= 4 is 6.29 Å². The molecule has 3 nitrogen and oxygen atoms in total. The number of hydrogen-bond acceptors (Lipinski definition) is 3. The molecule has 90 valence electrons. The Balaban J connectivity index is 3.62. The summed E-state index contributed by atoms with van der Waals surface area (Å²) >= 11 is 0. The number of hydrogen-bond donors (Lipinski definition) is 0. The van der Waals surface area contributed by atoms with Crippen molar-refractivity contribution in [1.82, 2.24) is 4.98 Å². The summed E-state index contributed by atoms with van der Waals surface area (Å²) in [5, 5.41) is 8.52. The monoisotopic (exact) mass is 250 g/mol. The highest BCUT2D eigenvalue weighted by atomic mass is 19.4. The summed E-state index contributed by atoms with van der Waals surface area (Å²) in [6, 6.07) is 1.14. The molecule has 0 N–H and O–H groups in total. The quantitative estimate of drug-likeness (QED) is 0.599. The molecular weight excluding hydrogens is 247 g/mol. The highest BCUT2D eigenvalue weighted by Crippen LogP contribution is 2.34. The van der Waals surface area contributed by atoms with Crippen LogP contribution in [0.25, 0.3) is 0 Å². The Morgan fingerprint density at radius 3 is 2.35 bits per heavy atom. The molecule has 0 aliphatic rings. The Morgan fingerprint density at radius 1 is 1.41 bits per heavy atom. The van der Waals surface area contributed by atoms with Gasteiger partial charge in [-0.1, -0.05) is 0 Å². The van der Waals surface area contributed by atoms with Crippen LogP contribution >= 0.6 is 0 Å². The van der Waals surface area contributed by atoms with Crippen LogP contribution < -0.4 is 0 Å². The predicted octanol–water partition coefficient (Wildman–Crippen LogP) is 2.72. The molecule has 1 aromatic heterocycles. The van der Waals surface area contributed by atoms with Gasteiger partial charge in [0.2, 0.25) is 0 Å². The Morgan fingerprint density at radius 2 is 2.00 bits per heavy atom. The molecule has 0 saturated heterocycles. The normalized spacial score (nSPS) is 11.4. The zero-order valence-electron chi connectivity index (χ0n) is 7.92. The van der Waals surface area contributed by atoms with E-state index in [0.29, 0.717) is 0 Å². The summed E-state index contributed by atoms with van der Waals surface area (Å²) < 4.78 is 61.9. The number of pyridine rings is 1. The number of carbonyl (C=O) groups excluding carboxylic acids is 1. The lowest BCUT2D eigenvalue weighted by atomic mass is 10.0. The van der Waals surface area contributed by atoms with Gasteiger partial charge in [0.05, 0.1) is 11.1 Å². The molecular formula is C9H3F5N2O. The third-order valence-electron chi connectivity index (χ3n) is 1.89. The second kappa shape index (κ2) is 4.45. The van der Waals surface area contributed by atoms with E-state index in [4.69, 9.17) is 5.26 Å². The van der Waals surface area contributed by atoms with Crippen molar-refractivity contribution in [2.45, 2.75) is 12.6 Å². The number of aldehydes is 1. The molecule has 0 unspecified atom stereocenters. The summed E-state index contributed by atoms with van der Waals surface area (Å²) in [5.74, 6) is 0. The number of rotatable bonds is 2. The fourth-order valence-electron chi connectivity index (χ4n) is 1.17. The van der Waals surface area contributed by atoms with E-state index in [2.05, 4.69) is 4.98 Å². The van der Waals surface area contributed by atoms with Gasteiger partial charge in [0.25, 0.3) is 6.43 Å². The highest BCUT2D eigenvalue weighted by molar-refractivity contribution is 5.82. The van der Waals surface area contributed by atoms with Crippen molar-refractivity contribution in [3.63, 3.8) is 0 Å². The molecule has 0 amide bonds. The Kier molecular flexibility index (Phi) is 3.41. The highest BCUT2D eigenvalue weighted by Gasteiger charge is 2.36. The first-order valence-corrected chi connectivity index (χ1v) is 4.06. The lowest BCUT2D eigenvalue weighted by Gasteiger charge is -2.11. The van der Waals surface area contributed by atoms with Crippen molar-refractivity contribution in [1.29, 1.82) is 5.26 Å². The Labute approximate surface area is 91.5 Å². The maximum Gasteiger partial charge on any atom is 0.418 e. The number of halogens is 5. The third-order valence-corrected chi connectivity index (χ3v) is 1.89. The second-order valence-corrected chi connectivity index (χ2v) is 2.87. The zero-order valence-corrected chi connectivity index (χ0v) is 7.92. The van der Waals surface area contributed by atoms with Crippen molar-refractivity contribution in [2.24, 2.45) is 0 Å². The minimum absolute atomic E-state index is 0.117. The molecule has 17 heavy (non-hydrogen) atoms. The maximum absolute atomic E-state index is 12.4. The first-order chi connectivity index (χ1) is 7.82. The smallest absolute Gasteiger partial charge is 0.298 e. The average molecular weight is 250 g/mol. The van der Waals surface area contributed by atoms with Crippen LogP contribution in [0.2, 0.25) is 0 Å². The number of aromatic nitrogens is 1. The van der Waals surface area contributed by atoms with Crippen molar-refractivity contribution in [2.75, 3.05) is 0 Å². The van der Waals surface area contributed by atoms with E-state index in [-0.39, 0.29) is 12.5 Å². The molecule has 0 atom stereocenters. The summed E-state index contributed by atoms with van der Waals surface area (Å²) in [6.45, 7) is 0. The van der Waals surface area contributed by atoms with Crippen molar-refractivity contribution < 1.29 is 26.7 Å². The lowest BCUT2D eigenvalue weighted by Crippen LogP contribution is -2.13. The molecule has 1 rings (SSSR count). The van der Waals surface area contributed by atoms with Gasteiger partial charge in [-0.05, 0) is 0 Å². The number of alkyl halides is 5. The van der Waals surface area contributed by atoms with Crippen LogP contribution in [0.4, 0.5) is 22.0 Å². The van der Waals surface area contributed by atoms with E-state index >= 15 is 0 Å². The van der Waals surface area contributed by atoms with E-state index < -0.39 is 35.0 Å². The molecule has 1 heterocycles. The molecule has 0 spiro atoms. The molecule has 0 aliphatic carbocycles. The SMILES string of the molecule is N#Cc1c(C(F)F)ncc(C(F)(F)F)c1C=O. The van der Waals surface area contributed by atoms with Gasteiger partial charge in [0.15, 0.2) is 6.29 Å². The van der Waals surface area contributed by atoms with E-state index in [1.165, 1.54) is 0 Å². The van der Waals surface area contributed by atoms with Crippen LogP contribution in [-0.2, 0) is 6.18 Å². The zero-order chi connectivity index (χ0) is 13.2. The van der Waals surface area contributed by atoms with Gasteiger partial charge in [-0.15, -0.1) is 0 Å². The van der Waals surface area contributed by atoms with Crippen LogP contribution in [0.5, 0.6) is 0 Å². The Hall–Kier alpha value is -2.04. The number of nitrogens with zero attached hydrogens (tertiary/aromatic N) is 2. The van der Waals surface area contributed by atoms with Crippen LogP contribution in [-0.4, -0.2) is 11.3 Å². The standard InChI is InChI=1S/C9H3F5N2O/c10-8(11)7-4(1-15)5(3-17)6(2-16-7)9(12,13)14/h2-3,8H. The van der Waals surface area contributed by atoms with E-state index in [9.17, 15) is 26.7 Å². The van der Waals surface area contributed by atoms with E-state index in [1.807, 2.05) is 0 Å². The second-order valence-electron chi connectivity index (χ2n) is 2.87. The third kappa shape index (κ3) is 2.38. The van der Waals surface area contributed by atoms with Crippen LogP contribution in [0, 0.1) is 11.3 Å². The predicted molar refractivity (Wildman–Crippen MR) is 44.3 cm³/mol. The number of nitriles is 1. The molecule has 0 bridgehead atoms.